The number of rotatable bonds is 22. The first kappa shape index (κ1) is 64.1. The van der Waals surface area contributed by atoms with Gasteiger partial charge in [0.15, 0.2) is 0 Å². The van der Waals surface area contributed by atoms with Crippen molar-refractivity contribution in [3.05, 3.63) is 137 Å². The van der Waals surface area contributed by atoms with Gasteiger partial charge in [-0.25, -0.2) is 0 Å². The van der Waals surface area contributed by atoms with Crippen LogP contribution in [0.5, 0.6) is 0 Å². The van der Waals surface area contributed by atoms with Gasteiger partial charge >= 0.3 is 0 Å². The Labute approximate surface area is 481 Å². The molecule has 0 radical (unpaired) electrons. The van der Waals surface area contributed by atoms with E-state index in [1.165, 1.54) is 36.4 Å². The first-order valence-corrected chi connectivity index (χ1v) is 34.1. The number of hydrogen-bond acceptors (Lipinski definition) is 16. The third-order valence-electron chi connectivity index (χ3n) is 14.4. The summed E-state index contributed by atoms with van der Waals surface area (Å²) in [6, 6.07) is 14.2. The molecule has 0 saturated carbocycles. The predicted octanol–water partition coefficient (Wildman–Crippen LogP) is 6.14. The molecular formula is C53H60N4O20S6. The van der Waals surface area contributed by atoms with Gasteiger partial charge in [-0.05, 0) is 114 Å². The number of nitrogens with one attached hydrogen (secondary N) is 2. The van der Waals surface area contributed by atoms with E-state index in [0.717, 1.165) is 12.1 Å². The van der Waals surface area contributed by atoms with Crippen LogP contribution in [0.25, 0.3) is 27.1 Å². The van der Waals surface area contributed by atoms with Crippen molar-refractivity contribution in [2.75, 3.05) is 47.5 Å². The van der Waals surface area contributed by atoms with Crippen LogP contribution in [0.3, 0.4) is 0 Å². The fourth-order valence-corrected chi connectivity index (χ4v) is 14.3. The molecule has 0 aliphatic carbocycles. The van der Waals surface area contributed by atoms with E-state index < -0.39 is 115 Å². The van der Waals surface area contributed by atoms with Gasteiger partial charge < -0.3 is 20.4 Å². The number of allylic oxidation sites excluding steroid dienone is 5. The summed E-state index contributed by atoms with van der Waals surface area (Å²) in [5, 5.41) is 5.14. The van der Waals surface area contributed by atoms with Crippen LogP contribution in [-0.4, -0.2) is 133 Å². The Morgan fingerprint density at radius 3 is 1.57 bits per heavy atom. The lowest BCUT2D eigenvalue weighted by atomic mass is 9.78. The van der Waals surface area contributed by atoms with E-state index in [-0.39, 0.29) is 77.6 Å². The van der Waals surface area contributed by atoms with E-state index in [0.29, 0.717) is 57.9 Å². The molecular weight excluding hydrogens is 1200 g/mol. The van der Waals surface area contributed by atoms with Crippen LogP contribution in [0.1, 0.15) is 80.9 Å². The SMILES string of the molecule is C=C(C)C(=O)NCCCNC(=O)c1ccc(C(=C\C=C2/N(CCCS(=O)(=O)O)c3ccc4c(S(=O)(=O)O)cc(S(=O)(=O)O)cc4c3C2(C)C)/C=C/C2N(CCCS(=O)(=O)O)c3ccc4c(S(=O)(=O)O)cc(S(=O)(=O)O)cc4c3C2(C)C)cc1. The molecule has 83 heavy (non-hydrogen) atoms. The summed E-state index contributed by atoms with van der Waals surface area (Å²) in [5.74, 6) is -2.22. The molecule has 24 nitrogen and oxygen atoms in total. The molecule has 5 aromatic rings. The van der Waals surface area contributed by atoms with Gasteiger partial charge in [0, 0.05) is 76.0 Å². The molecule has 7 rings (SSSR count). The standard InChI is InChI=1S/C53H60N4O20S6/c1-32(2)50(58)54-22-7-23-55-51(59)35-12-10-33(11-13-35)34(14-20-46-52(3,4)48-40-28-36(80(66,67)68)30-44(82(72,73)74)38(40)16-18-42(48)56(46)24-8-26-78(60,61)62)15-21-47-53(5,6)49-41-29-37(81(69,70)71)31-45(83(75,76)77)39(41)17-19-43(49)57(47)25-9-27-79(63,64)65/h10-21,28-31,46H,1,7-9,22-27H2,2-6H3,(H,54,58)(H,55,59)(H,60,61,62)(H,63,64,65)(H,66,67,68)(H,69,70,71)(H,72,73,74)(H,75,76,77)/b20-14+,34-15-,47-21-. The number of carbonyl (C=O) groups is 2. The van der Waals surface area contributed by atoms with E-state index in [2.05, 4.69) is 17.2 Å². The first-order chi connectivity index (χ1) is 38.1. The van der Waals surface area contributed by atoms with Gasteiger partial charge in [0.25, 0.3) is 66.6 Å². The van der Waals surface area contributed by atoms with E-state index in [4.69, 9.17) is 0 Å². The number of nitrogens with zero attached hydrogens (tertiary/aromatic N) is 2. The topological polar surface area (TPSA) is 391 Å². The Bertz CT molecular complexity index is 4330. The first-order valence-electron chi connectivity index (χ1n) is 25.1. The maximum absolute atomic E-state index is 13.4. The minimum absolute atomic E-state index is 0.0195. The molecule has 2 aliphatic rings. The average molecular weight is 1270 g/mol. The molecule has 2 amide bonds. The third-order valence-corrected chi connectivity index (χ3v) is 19.4. The van der Waals surface area contributed by atoms with Gasteiger partial charge in [-0.1, -0.05) is 76.8 Å². The molecule has 2 aliphatic heterocycles. The molecule has 0 aromatic heterocycles. The van der Waals surface area contributed by atoms with Gasteiger partial charge in [0.05, 0.1) is 27.3 Å². The number of hydrogen-bond donors (Lipinski definition) is 8. The second-order valence-corrected chi connectivity index (χ2v) is 29.8. The van der Waals surface area contributed by atoms with E-state index in [9.17, 15) is 87.4 Å². The highest BCUT2D eigenvalue weighted by Gasteiger charge is 2.46. The average Bonchev–Trinajstić information content (AvgIpc) is 1.73. The van der Waals surface area contributed by atoms with Crippen molar-refractivity contribution in [2.45, 2.75) is 90.3 Å². The van der Waals surface area contributed by atoms with Crippen molar-refractivity contribution < 1.29 is 87.4 Å². The van der Waals surface area contributed by atoms with Crippen molar-refractivity contribution in [1.29, 1.82) is 0 Å². The highest BCUT2D eigenvalue weighted by Crippen LogP contribution is 2.53. The Kier molecular flexibility index (Phi) is 17.9. The van der Waals surface area contributed by atoms with Crippen LogP contribution in [-0.2, 0) is 76.3 Å². The largest absolute Gasteiger partial charge is 0.364 e. The van der Waals surface area contributed by atoms with Crippen LogP contribution in [0.15, 0.2) is 135 Å². The van der Waals surface area contributed by atoms with E-state index >= 15 is 0 Å². The maximum atomic E-state index is 13.4. The quantitative estimate of drug-likeness (QED) is 0.0167. The molecule has 8 N–H and O–H groups in total. The minimum atomic E-state index is -5.15. The van der Waals surface area contributed by atoms with Crippen LogP contribution in [0.4, 0.5) is 11.4 Å². The van der Waals surface area contributed by atoms with Crippen molar-refractivity contribution in [3.63, 3.8) is 0 Å². The molecule has 2 heterocycles. The zero-order chi connectivity index (χ0) is 61.8. The molecule has 30 heteroatoms. The van der Waals surface area contributed by atoms with Gasteiger partial charge in [-0.3, -0.25) is 36.9 Å². The minimum Gasteiger partial charge on any atom is -0.364 e. The molecule has 448 valence electrons. The number of benzene rings is 5. The monoisotopic (exact) mass is 1260 g/mol. The smallest absolute Gasteiger partial charge is 0.295 e. The Balaban J connectivity index is 1.44. The van der Waals surface area contributed by atoms with E-state index in [1.807, 2.05) is 0 Å². The molecule has 0 fully saturated rings. The third kappa shape index (κ3) is 14.2. The summed E-state index contributed by atoms with van der Waals surface area (Å²) >= 11 is 0. The molecule has 1 atom stereocenters. The van der Waals surface area contributed by atoms with Crippen LogP contribution >= 0.6 is 0 Å². The maximum Gasteiger partial charge on any atom is 0.295 e. The Morgan fingerprint density at radius 2 is 1.07 bits per heavy atom. The summed E-state index contributed by atoms with van der Waals surface area (Å²) < 4.78 is 210. The van der Waals surface area contributed by atoms with E-state index in [1.54, 1.807) is 80.9 Å². The molecule has 0 spiro atoms. The zero-order valence-electron chi connectivity index (χ0n) is 45.1. The van der Waals surface area contributed by atoms with Crippen LogP contribution in [0.2, 0.25) is 0 Å². The molecule has 0 saturated heterocycles. The number of fused-ring (bicyclic) bond motifs is 6. The zero-order valence-corrected chi connectivity index (χ0v) is 50.0. The Hall–Kier alpha value is -6.42. The summed E-state index contributed by atoms with van der Waals surface area (Å²) in [6.45, 7) is 12.2. The van der Waals surface area contributed by atoms with Crippen LogP contribution in [0, 0.1) is 0 Å². The second-order valence-electron chi connectivity index (χ2n) is 21.0. The lowest BCUT2D eigenvalue weighted by Crippen LogP contribution is -2.41. The number of anilines is 2. The Morgan fingerprint density at radius 1 is 0.590 bits per heavy atom. The molecule has 0 bridgehead atoms. The fraction of sp³-hybridized carbons (Fsp3) is 0.321. The summed E-state index contributed by atoms with van der Waals surface area (Å²) in [6.07, 6.45) is 6.63. The lowest BCUT2D eigenvalue weighted by Gasteiger charge is -2.32. The van der Waals surface area contributed by atoms with Crippen molar-refractivity contribution in [1.82, 2.24) is 10.6 Å². The second kappa shape index (κ2) is 23.2. The summed E-state index contributed by atoms with van der Waals surface area (Å²) in [5.41, 5.74) is 0.449. The highest BCUT2D eigenvalue weighted by molar-refractivity contribution is 7.87. The number of carbonyl (C=O) groups excluding carboxylic acids is 2. The van der Waals surface area contributed by atoms with Gasteiger partial charge in [0.1, 0.15) is 9.79 Å². The predicted molar refractivity (Wildman–Crippen MR) is 310 cm³/mol. The molecule has 1 unspecified atom stereocenters. The normalized spacial score (nSPS) is 17.1. The lowest BCUT2D eigenvalue weighted by molar-refractivity contribution is -0.117. The number of amides is 2. The fourth-order valence-electron chi connectivity index (χ4n) is 10.7. The van der Waals surface area contributed by atoms with Gasteiger partial charge in [-0.15, -0.1) is 0 Å². The summed E-state index contributed by atoms with van der Waals surface area (Å²) in [4.78, 5) is 25.3. The summed E-state index contributed by atoms with van der Waals surface area (Å²) in [7, 11) is -29.5. The highest BCUT2D eigenvalue weighted by atomic mass is 32.2. The van der Waals surface area contributed by atoms with Gasteiger partial charge in [0.2, 0.25) is 5.91 Å². The van der Waals surface area contributed by atoms with Gasteiger partial charge in [-0.2, -0.15) is 50.5 Å². The molecule has 5 aromatic carbocycles. The van der Waals surface area contributed by atoms with Crippen molar-refractivity contribution >= 4 is 111 Å². The van der Waals surface area contributed by atoms with Crippen molar-refractivity contribution in [3.8, 4) is 0 Å². The van der Waals surface area contributed by atoms with Crippen molar-refractivity contribution in [2.24, 2.45) is 0 Å². The van der Waals surface area contributed by atoms with Crippen LogP contribution < -0.4 is 20.4 Å².